The van der Waals surface area contributed by atoms with Crippen LogP contribution in [0, 0.1) is 0 Å². The van der Waals surface area contributed by atoms with Crippen LogP contribution < -0.4 is 16.6 Å². The van der Waals surface area contributed by atoms with Gasteiger partial charge in [-0.1, -0.05) is 35.9 Å². The Hall–Kier alpha value is -3.39. The Morgan fingerprint density at radius 2 is 1.93 bits per heavy atom. The van der Waals surface area contributed by atoms with Gasteiger partial charge in [-0.05, 0) is 12.1 Å². The van der Waals surface area contributed by atoms with E-state index in [0.717, 1.165) is 15.3 Å². The first-order valence-corrected chi connectivity index (χ1v) is 8.45. The van der Waals surface area contributed by atoms with Crippen molar-refractivity contribution in [3.8, 4) is 0 Å². The molecule has 0 saturated carbocycles. The van der Waals surface area contributed by atoms with Gasteiger partial charge in [-0.25, -0.2) is 9.78 Å². The van der Waals surface area contributed by atoms with Crippen LogP contribution in [-0.2, 0) is 18.4 Å². The van der Waals surface area contributed by atoms with E-state index in [1.165, 1.54) is 17.9 Å². The summed E-state index contributed by atoms with van der Waals surface area (Å²) in [5, 5.41) is 5.07. The average Bonchev–Trinajstić information content (AvgIpc) is 3.04. The van der Waals surface area contributed by atoms with E-state index < -0.39 is 11.2 Å². The van der Waals surface area contributed by atoms with Crippen molar-refractivity contribution in [2.75, 3.05) is 5.32 Å². The summed E-state index contributed by atoms with van der Waals surface area (Å²) in [5.74, 6) is -0.338. The van der Waals surface area contributed by atoms with Gasteiger partial charge in [-0.15, -0.1) is 0 Å². The van der Waals surface area contributed by atoms with Gasteiger partial charge in [0.25, 0.3) is 5.56 Å². The molecule has 4 rings (SSSR count). The fourth-order valence-electron chi connectivity index (χ4n) is 2.97. The number of fused-ring (bicyclic) bond motifs is 2. The number of hydrogen-bond donors (Lipinski definition) is 2. The van der Waals surface area contributed by atoms with E-state index in [1.54, 1.807) is 12.1 Å². The molecule has 8 nitrogen and oxygen atoms in total. The SMILES string of the molecule is Cn1c(=O)[nH]c2ncn(CC(=O)Nc3ccc(Cl)c4ccccc34)c2c1=O. The van der Waals surface area contributed by atoms with Crippen LogP contribution in [0.3, 0.4) is 0 Å². The first-order valence-electron chi connectivity index (χ1n) is 8.07. The quantitative estimate of drug-likeness (QED) is 0.563. The Morgan fingerprint density at radius 3 is 2.70 bits per heavy atom. The van der Waals surface area contributed by atoms with Gasteiger partial charge in [0.05, 0.1) is 6.33 Å². The summed E-state index contributed by atoms with van der Waals surface area (Å²) in [6, 6.07) is 10.9. The van der Waals surface area contributed by atoms with Crippen LogP contribution in [0.5, 0.6) is 0 Å². The third-order valence-corrected chi connectivity index (χ3v) is 4.66. The first kappa shape index (κ1) is 17.0. The molecule has 2 heterocycles. The van der Waals surface area contributed by atoms with Crippen LogP contribution in [0.25, 0.3) is 21.9 Å². The zero-order valence-corrected chi connectivity index (χ0v) is 14.9. The third kappa shape index (κ3) is 2.89. The van der Waals surface area contributed by atoms with E-state index >= 15 is 0 Å². The Balaban J connectivity index is 1.68. The highest BCUT2D eigenvalue weighted by Gasteiger charge is 2.14. The molecule has 0 unspecified atom stereocenters. The van der Waals surface area contributed by atoms with Crippen LogP contribution in [0.2, 0.25) is 5.02 Å². The van der Waals surface area contributed by atoms with Crippen molar-refractivity contribution in [3.05, 3.63) is 68.6 Å². The van der Waals surface area contributed by atoms with Crippen LogP contribution in [0.1, 0.15) is 0 Å². The molecule has 0 saturated heterocycles. The Kier molecular flexibility index (Phi) is 4.04. The van der Waals surface area contributed by atoms with Crippen molar-refractivity contribution in [2.45, 2.75) is 6.54 Å². The number of rotatable bonds is 3. The minimum Gasteiger partial charge on any atom is -0.324 e. The number of halogens is 1. The summed E-state index contributed by atoms with van der Waals surface area (Å²) < 4.78 is 2.34. The second-order valence-corrected chi connectivity index (χ2v) is 6.46. The minimum absolute atomic E-state index is 0.130. The summed E-state index contributed by atoms with van der Waals surface area (Å²) >= 11 is 6.20. The predicted octanol–water partition coefficient (Wildman–Crippen LogP) is 1.87. The number of aromatic nitrogens is 4. The summed E-state index contributed by atoms with van der Waals surface area (Å²) in [7, 11) is 1.36. The van der Waals surface area contributed by atoms with Gasteiger partial charge in [0.1, 0.15) is 6.54 Å². The molecule has 2 aromatic carbocycles. The summed E-state index contributed by atoms with van der Waals surface area (Å²) in [4.78, 5) is 43.0. The summed E-state index contributed by atoms with van der Waals surface area (Å²) in [6.07, 6.45) is 1.35. The predicted molar refractivity (Wildman–Crippen MR) is 103 cm³/mol. The Labute approximate surface area is 157 Å². The van der Waals surface area contributed by atoms with Gasteiger partial charge in [-0.2, -0.15) is 0 Å². The number of imidazole rings is 1. The van der Waals surface area contributed by atoms with E-state index in [9.17, 15) is 14.4 Å². The zero-order chi connectivity index (χ0) is 19.1. The number of nitrogens with zero attached hydrogens (tertiary/aromatic N) is 3. The molecule has 136 valence electrons. The van der Waals surface area contributed by atoms with Gasteiger partial charge in [0.15, 0.2) is 11.2 Å². The second-order valence-electron chi connectivity index (χ2n) is 6.05. The van der Waals surface area contributed by atoms with Crippen LogP contribution in [0.15, 0.2) is 52.3 Å². The summed E-state index contributed by atoms with van der Waals surface area (Å²) in [5.41, 5.74) is -0.155. The van der Waals surface area contributed by atoms with Crippen LogP contribution in [-0.4, -0.2) is 25.0 Å². The van der Waals surface area contributed by atoms with E-state index in [4.69, 9.17) is 11.6 Å². The molecular formula is C18H14ClN5O3. The Bertz CT molecular complexity index is 1320. The number of amides is 1. The van der Waals surface area contributed by atoms with E-state index in [2.05, 4.69) is 15.3 Å². The zero-order valence-electron chi connectivity index (χ0n) is 14.2. The highest BCUT2D eigenvalue weighted by molar-refractivity contribution is 6.36. The number of H-pyrrole nitrogens is 1. The van der Waals surface area contributed by atoms with Crippen molar-refractivity contribution in [3.63, 3.8) is 0 Å². The molecule has 1 amide bonds. The molecule has 0 atom stereocenters. The van der Waals surface area contributed by atoms with Crippen molar-refractivity contribution in [1.29, 1.82) is 0 Å². The van der Waals surface area contributed by atoms with Crippen LogP contribution in [0.4, 0.5) is 5.69 Å². The van der Waals surface area contributed by atoms with Gasteiger partial charge >= 0.3 is 5.69 Å². The molecule has 0 aliphatic carbocycles. The molecule has 9 heteroatoms. The van der Waals surface area contributed by atoms with Gasteiger partial charge in [0.2, 0.25) is 5.91 Å². The lowest BCUT2D eigenvalue weighted by molar-refractivity contribution is -0.116. The molecule has 4 aromatic rings. The lowest BCUT2D eigenvalue weighted by Gasteiger charge is -2.10. The third-order valence-electron chi connectivity index (χ3n) is 4.33. The van der Waals surface area contributed by atoms with Crippen molar-refractivity contribution < 1.29 is 4.79 Å². The Morgan fingerprint density at radius 1 is 1.19 bits per heavy atom. The van der Waals surface area contributed by atoms with Crippen molar-refractivity contribution >= 4 is 45.1 Å². The average molecular weight is 384 g/mol. The number of carbonyl (C=O) groups is 1. The maximum Gasteiger partial charge on any atom is 0.329 e. The molecule has 0 bridgehead atoms. The molecule has 27 heavy (non-hydrogen) atoms. The molecule has 0 radical (unpaired) electrons. The second kappa shape index (κ2) is 6.40. The topological polar surface area (TPSA) is 102 Å². The number of aromatic amines is 1. The fraction of sp³-hybridized carbons (Fsp3) is 0.111. The first-order chi connectivity index (χ1) is 13.0. The number of benzene rings is 2. The largest absolute Gasteiger partial charge is 0.329 e. The lowest BCUT2D eigenvalue weighted by atomic mass is 10.1. The van der Waals surface area contributed by atoms with Crippen molar-refractivity contribution in [1.82, 2.24) is 19.1 Å². The molecule has 0 fully saturated rings. The van der Waals surface area contributed by atoms with E-state index in [0.29, 0.717) is 10.7 Å². The minimum atomic E-state index is -0.560. The molecule has 0 aliphatic heterocycles. The van der Waals surface area contributed by atoms with Gasteiger partial charge in [0, 0.05) is 28.5 Å². The standard InChI is InChI=1S/C18H14ClN5O3/c1-23-17(26)15-16(22-18(23)27)20-9-24(15)8-14(25)21-13-7-6-12(19)10-4-2-3-5-11(10)13/h2-7,9H,8H2,1H3,(H,21,25)(H,22,27). The maximum absolute atomic E-state index is 12.5. The number of nitrogens with one attached hydrogen (secondary N) is 2. The number of anilines is 1. The molecule has 0 aliphatic rings. The highest BCUT2D eigenvalue weighted by atomic mass is 35.5. The molecular weight excluding hydrogens is 370 g/mol. The molecule has 2 N–H and O–H groups in total. The van der Waals surface area contributed by atoms with Crippen LogP contribution >= 0.6 is 11.6 Å². The fourth-order valence-corrected chi connectivity index (χ4v) is 3.20. The monoisotopic (exact) mass is 383 g/mol. The highest BCUT2D eigenvalue weighted by Crippen LogP contribution is 2.29. The number of carbonyl (C=O) groups excluding carboxylic acids is 1. The maximum atomic E-state index is 12.5. The number of hydrogen-bond acceptors (Lipinski definition) is 4. The molecule has 0 spiro atoms. The van der Waals surface area contributed by atoms with Gasteiger partial charge in [-0.3, -0.25) is 19.1 Å². The molecule has 2 aromatic heterocycles. The summed E-state index contributed by atoms with van der Waals surface area (Å²) in [6.45, 7) is -0.130. The van der Waals surface area contributed by atoms with E-state index in [-0.39, 0.29) is 23.6 Å². The smallest absolute Gasteiger partial charge is 0.324 e. The van der Waals surface area contributed by atoms with E-state index in [1.807, 2.05) is 24.3 Å². The normalized spacial score (nSPS) is 11.2. The lowest BCUT2D eigenvalue weighted by Crippen LogP contribution is -2.33. The van der Waals surface area contributed by atoms with Crippen molar-refractivity contribution in [2.24, 2.45) is 7.05 Å². The van der Waals surface area contributed by atoms with Gasteiger partial charge < -0.3 is 9.88 Å².